The van der Waals surface area contributed by atoms with Crippen LogP contribution in [0.1, 0.15) is 38.3 Å². The lowest BCUT2D eigenvalue weighted by molar-refractivity contribution is 0.188. The van der Waals surface area contributed by atoms with Gasteiger partial charge < -0.3 is 5.32 Å². The molecule has 1 aliphatic carbocycles. The van der Waals surface area contributed by atoms with Gasteiger partial charge in [0.1, 0.15) is 0 Å². The van der Waals surface area contributed by atoms with Crippen LogP contribution in [0.15, 0.2) is 12.3 Å². The van der Waals surface area contributed by atoms with E-state index in [0.29, 0.717) is 0 Å². The zero-order valence-corrected chi connectivity index (χ0v) is 12.0. The normalized spacial score (nSPS) is 24.0. The lowest BCUT2D eigenvalue weighted by Crippen LogP contribution is -2.39. The molecule has 1 saturated carbocycles. The number of nitrogens with zero attached hydrogens (tertiary/aromatic N) is 3. The lowest BCUT2D eigenvalue weighted by atomic mass is 9.99. The van der Waals surface area contributed by atoms with E-state index >= 15 is 0 Å². The summed E-state index contributed by atoms with van der Waals surface area (Å²) in [6.07, 6.45) is 7.45. The van der Waals surface area contributed by atoms with Crippen molar-refractivity contribution in [2.24, 2.45) is 5.92 Å². The highest BCUT2D eigenvalue weighted by molar-refractivity contribution is 5.02. The molecule has 106 valence electrons. The highest BCUT2D eigenvalue weighted by atomic mass is 15.3. The first kappa shape index (κ1) is 13.1. The van der Waals surface area contributed by atoms with Gasteiger partial charge in [-0.3, -0.25) is 9.58 Å². The lowest BCUT2D eigenvalue weighted by Gasteiger charge is -2.30. The Balaban J connectivity index is 1.60. The topological polar surface area (TPSA) is 33.1 Å². The average Bonchev–Trinajstić information content (AvgIpc) is 3.20. The predicted molar refractivity (Wildman–Crippen MR) is 76.9 cm³/mol. The van der Waals surface area contributed by atoms with Crippen LogP contribution in [-0.4, -0.2) is 40.4 Å². The molecule has 1 aromatic rings. The van der Waals surface area contributed by atoms with Gasteiger partial charge in [-0.25, -0.2) is 0 Å². The minimum Gasteiger partial charge on any atom is -0.316 e. The quantitative estimate of drug-likeness (QED) is 0.849. The van der Waals surface area contributed by atoms with Gasteiger partial charge in [0, 0.05) is 31.9 Å². The van der Waals surface area contributed by atoms with Crippen molar-refractivity contribution in [2.75, 3.05) is 19.6 Å². The fraction of sp³-hybridized carbons (Fsp3) is 0.800. The summed E-state index contributed by atoms with van der Waals surface area (Å²) in [7, 11) is 0. The molecule has 1 aromatic heterocycles. The fourth-order valence-corrected chi connectivity index (χ4v) is 3.18. The highest BCUT2D eigenvalue weighted by Crippen LogP contribution is 2.29. The summed E-state index contributed by atoms with van der Waals surface area (Å²) in [5, 5.41) is 7.93. The summed E-state index contributed by atoms with van der Waals surface area (Å²) in [5.41, 5.74) is 1.37. The van der Waals surface area contributed by atoms with E-state index in [4.69, 9.17) is 0 Å². The monoisotopic (exact) mass is 262 g/mol. The zero-order valence-electron chi connectivity index (χ0n) is 12.0. The van der Waals surface area contributed by atoms with E-state index in [2.05, 4.69) is 33.0 Å². The van der Waals surface area contributed by atoms with Crippen molar-refractivity contribution < 1.29 is 0 Å². The van der Waals surface area contributed by atoms with Crippen LogP contribution in [0.4, 0.5) is 0 Å². The molecule has 0 aromatic carbocycles. The molecule has 2 fully saturated rings. The summed E-state index contributed by atoms with van der Waals surface area (Å²) in [6.45, 7) is 7.90. The van der Waals surface area contributed by atoms with Gasteiger partial charge in [0.25, 0.3) is 0 Å². The van der Waals surface area contributed by atoms with Crippen LogP contribution in [0.25, 0.3) is 0 Å². The van der Waals surface area contributed by atoms with E-state index < -0.39 is 0 Å². The first-order chi connectivity index (χ1) is 9.36. The second-order valence-corrected chi connectivity index (χ2v) is 6.01. The summed E-state index contributed by atoms with van der Waals surface area (Å²) in [6, 6.07) is 3.01. The molecule has 4 heteroatoms. The van der Waals surface area contributed by atoms with E-state index in [0.717, 1.165) is 25.0 Å². The Kier molecular flexibility index (Phi) is 4.18. The Labute approximate surface area is 116 Å². The molecular formula is C15H26N4. The molecule has 1 atom stereocenters. The van der Waals surface area contributed by atoms with Crippen LogP contribution in [0.5, 0.6) is 0 Å². The molecule has 0 amide bonds. The molecule has 19 heavy (non-hydrogen) atoms. The minimum atomic E-state index is 0.835. The van der Waals surface area contributed by atoms with Crippen LogP contribution in [0, 0.1) is 5.92 Å². The number of hydrogen-bond donors (Lipinski definition) is 1. The van der Waals surface area contributed by atoms with Gasteiger partial charge in [0.15, 0.2) is 0 Å². The maximum atomic E-state index is 4.39. The van der Waals surface area contributed by atoms with Gasteiger partial charge in [-0.2, -0.15) is 5.10 Å². The van der Waals surface area contributed by atoms with Gasteiger partial charge in [-0.05, 0) is 57.7 Å². The largest absolute Gasteiger partial charge is 0.316 e. The second kappa shape index (κ2) is 6.06. The molecular weight excluding hydrogens is 236 g/mol. The molecule has 0 radical (unpaired) electrons. The highest BCUT2D eigenvalue weighted by Gasteiger charge is 2.31. The maximum Gasteiger partial charge on any atom is 0.0524 e. The van der Waals surface area contributed by atoms with Crippen LogP contribution in [0.2, 0.25) is 0 Å². The van der Waals surface area contributed by atoms with Gasteiger partial charge in [0.2, 0.25) is 0 Å². The molecule has 1 saturated heterocycles. The van der Waals surface area contributed by atoms with Crippen molar-refractivity contribution >= 4 is 0 Å². The van der Waals surface area contributed by atoms with E-state index in [1.165, 1.54) is 51.0 Å². The van der Waals surface area contributed by atoms with Gasteiger partial charge in [-0.15, -0.1) is 0 Å². The van der Waals surface area contributed by atoms with Gasteiger partial charge >= 0.3 is 0 Å². The fourth-order valence-electron chi connectivity index (χ4n) is 3.18. The molecule has 1 aliphatic heterocycles. The third-order valence-electron chi connectivity index (χ3n) is 4.42. The standard InChI is InChI=1S/C15H26N4/c1-2-19-15(7-9-17-19)12-18(14-5-6-14)11-13-4-3-8-16-10-13/h7,9,13-14,16H,2-6,8,10-12H2,1H3. The molecule has 2 heterocycles. The van der Waals surface area contributed by atoms with Crippen molar-refractivity contribution in [3.63, 3.8) is 0 Å². The molecule has 0 spiro atoms. The van der Waals surface area contributed by atoms with E-state index in [9.17, 15) is 0 Å². The van der Waals surface area contributed by atoms with Crippen molar-refractivity contribution in [3.05, 3.63) is 18.0 Å². The van der Waals surface area contributed by atoms with E-state index in [1.54, 1.807) is 0 Å². The van der Waals surface area contributed by atoms with Crippen molar-refractivity contribution in [1.82, 2.24) is 20.0 Å². The van der Waals surface area contributed by atoms with Crippen molar-refractivity contribution in [2.45, 2.75) is 51.7 Å². The Morgan fingerprint density at radius 2 is 2.32 bits per heavy atom. The number of hydrogen-bond acceptors (Lipinski definition) is 3. The molecule has 4 nitrogen and oxygen atoms in total. The van der Waals surface area contributed by atoms with Crippen LogP contribution in [0.3, 0.4) is 0 Å². The molecule has 3 rings (SSSR count). The predicted octanol–water partition coefficient (Wildman–Crippen LogP) is 1.87. The smallest absolute Gasteiger partial charge is 0.0524 e. The summed E-state index contributed by atoms with van der Waals surface area (Å²) < 4.78 is 2.13. The first-order valence-corrected chi connectivity index (χ1v) is 7.82. The summed E-state index contributed by atoms with van der Waals surface area (Å²) >= 11 is 0. The van der Waals surface area contributed by atoms with Crippen molar-refractivity contribution in [1.29, 1.82) is 0 Å². The SMILES string of the molecule is CCn1nccc1CN(CC1CCCNC1)C1CC1. The first-order valence-electron chi connectivity index (χ1n) is 7.82. The number of aryl methyl sites for hydroxylation is 1. The van der Waals surface area contributed by atoms with Crippen molar-refractivity contribution in [3.8, 4) is 0 Å². The third kappa shape index (κ3) is 3.37. The second-order valence-electron chi connectivity index (χ2n) is 6.01. The third-order valence-corrected chi connectivity index (χ3v) is 4.42. The number of aromatic nitrogens is 2. The summed E-state index contributed by atoms with van der Waals surface area (Å²) in [4.78, 5) is 2.70. The maximum absolute atomic E-state index is 4.39. The number of nitrogens with one attached hydrogen (secondary N) is 1. The number of rotatable bonds is 6. The minimum absolute atomic E-state index is 0.835. The van der Waals surface area contributed by atoms with E-state index in [1.807, 2.05) is 6.20 Å². The zero-order chi connectivity index (χ0) is 13.1. The average molecular weight is 262 g/mol. The molecule has 2 aliphatic rings. The Hall–Kier alpha value is -0.870. The van der Waals surface area contributed by atoms with Crippen LogP contribution >= 0.6 is 0 Å². The van der Waals surface area contributed by atoms with Gasteiger partial charge in [0.05, 0.1) is 5.69 Å². The van der Waals surface area contributed by atoms with E-state index in [-0.39, 0.29) is 0 Å². The molecule has 0 bridgehead atoms. The van der Waals surface area contributed by atoms with Gasteiger partial charge in [-0.1, -0.05) is 0 Å². The molecule has 1 unspecified atom stereocenters. The Bertz CT molecular complexity index is 391. The summed E-state index contributed by atoms with van der Waals surface area (Å²) in [5.74, 6) is 0.840. The van der Waals surface area contributed by atoms with Crippen LogP contribution in [-0.2, 0) is 13.1 Å². The van der Waals surface area contributed by atoms with Crippen LogP contribution < -0.4 is 5.32 Å². The Morgan fingerprint density at radius 3 is 3.00 bits per heavy atom. The molecule has 1 N–H and O–H groups in total. The number of piperidine rings is 1. The Morgan fingerprint density at radius 1 is 1.42 bits per heavy atom.